The van der Waals surface area contributed by atoms with Gasteiger partial charge in [0, 0.05) is 11.7 Å². The maximum Gasteiger partial charge on any atom is 0.241 e. The zero-order valence-corrected chi connectivity index (χ0v) is 13.2. The Morgan fingerprint density at radius 3 is 2.19 bits per heavy atom. The summed E-state index contributed by atoms with van der Waals surface area (Å²) in [7, 11) is -3.54. The van der Waals surface area contributed by atoms with E-state index < -0.39 is 10.0 Å². The van der Waals surface area contributed by atoms with Crippen molar-refractivity contribution >= 4 is 15.7 Å². The molecule has 1 unspecified atom stereocenters. The van der Waals surface area contributed by atoms with Crippen molar-refractivity contribution in [1.29, 1.82) is 0 Å². The fourth-order valence-corrected chi connectivity index (χ4v) is 3.35. The van der Waals surface area contributed by atoms with E-state index in [1.165, 1.54) is 0 Å². The molecular weight excluding hydrogens is 284 g/mol. The normalized spacial score (nSPS) is 13.1. The molecule has 0 aliphatic heterocycles. The Balaban J connectivity index is 2.24. The molecule has 1 atom stereocenters. The van der Waals surface area contributed by atoms with Gasteiger partial charge in [-0.3, -0.25) is 0 Å². The first-order valence-corrected chi connectivity index (χ1v) is 8.23. The first kappa shape index (κ1) is 15.5. The van der Waals surface area contributed by atoms with Crippen LogP contribution in [0.2, 0.25) is 0 Å². The predicted octanol–water partition coefficient (Wildman–Crippen LogP) is 2.93. The minimum atomic E-state index is -3.54. The van der Waals surface area contributed by atoms with Crippen LogP contribution < -0.4 is 10.5 Å². The maximum atomic E-state index is 12.4. The van der Waals surface area contributed by atoms with Gasteiger partial charge in [0.1, 0.15) is 0 Å². The average Bonchev–Trinajstić information content (AvgIpc) is 2.42. The van der Waals surface area contributed by atoms with Gasteiger partial charge < -0.3 is 5.73 Å². The molecule has 112 valence electrons. The molecule has 4 nitrogen and oxygen atoms in total. The highest BCUT2D eigenvalue weighted by Crippen LogP contribution is 2.19. The van der Waals surface area contributed by atoms with Gasteiger partial charge in [-0.25, -0.2) is 13.1 Å². The van der Waals surface area contributed by atoms with E-state index in [-0.39, 0.29) is 10.9 Å². The summed E-state index contributed by atoms with van der Waals surface area (Å²) < 4.78 is 27.5. The fraction of sp³-hybridized carbons (Fsp3) is 0.250. The lowest BCUT2D eigenvalue weighted by atomic mass is 10.1. The molecule has 2 aromatic carbocycles. The molecule has 0 aliphatic rings. The van der Waals surface area contributed by atoms with Gasteiger partial charge in [-0.1, -0.05) is 18.2 Å². The Morgan fingerprint density at radius 1 is 1.00 bits per heavy atom. The van der Waals surface area contributed by atoms with Crippen LogP contribution in [0.15, 0.2) is 47.4 Å². The monoisotopic (exact) mass is 304 g/mol. The Bertz CT molecular complexity index is 737. The third kappa shape index (κ3) is 3.62. The molecule has 0 saturated heterocycles. The number of sulfonamides is 1. The molecule has 0 radical (unpaired) electrons. The molecule has 21 heavy (non-hydrogen) atoms. The van der Waals surface area contributed by atoms with Crippen molar-refractivity contribution in [1.82, 2.24) is 4.72 Å². The minimum absolute atomic E-state index is 0.285. The topological polar surface area (TPSA) is 72.2 Å². The highest BCUT2D eigenvalue weighted by molar-refractivity contribution is 7.89. The third-order valence-electron chi connectivity index (χ3n) is 3.56. The van der Waals surface area contributed by atoms with Gasteiger partial charge >= 0.3 is 0 Å². The van der Waals surface area contributed by atoms with Crippen molar-refractivity contribution in [2.45, 2.75) is 31.7 Å². The summed E-state index contributed by atoms with van der Waals surface area (Å²) >= 11 is 0. The molecule has 0 heterocycles. The summed E-state index contributed by atoms with van der Waals surface area (Å²) in [5, 5.41) is 0. The first-order valence-electron chi connectivity index (χ1n) is 6.74. The highest BCUT2D eigenvalue weighted by atomic mass is 32.2. The molecular formula is C16H20N2O2S. The SMILES string of the molecule is Cc1ccc(S(=O)(=O)NC(C)c2ccc(N)cc2)cc1C. The van der Waals surface area contributed by atoms with Crippen molar-refractivity contribution in [3.8, 4) is 0 Å². The summed E-state index contributed by atoms with van der Waals surface area (Å²) in [4.78, 5) is 0.285. The van der Waals surface area contributed by atoms with Crippen LogP contribution >= 0.6 is 0 Å². The van der Waals surface area contributed by atoms with E-state index in [2.05, 4.69) is 4.72 Å². The van der Waals surface area contributed by atoms with Gasteiger partial charge in [-0.05, 0) is 61.7 Å². The summed E-state index contributed by atoms with van der Waals surface area (Å²) in [6.07, 6.45) is 0. The maximum absolute atomic E-state index is 12.4. The Kier molecular flexibility index (Phi) is 4.34. The molecule has 2 aromatic rings. The van der Waals surface area contributed by atoms with Gasteiger partial charge in [0.15, 0.2) is 0 Å². The van der Waals surface area contributed by atoms with Crippen molar-refractivity contribution in [2.75, 3.05) is 5.73 Å². The highest BCUT2D eigenvalue weighted by Gasteiger charge is 2.18. The van der Waals surface area contributed by atoms with E-state index in [1.54, 1.807) is 24.3 Å². The van der Waals surface area contributed by atoms with Crippen LogP contribution in [0.5, 0.6) is 0 Å². The van der Waals surface area contributed by atoms with Crippen molar-refractivity contribution in [2.24, 2.45) is 0 Å². The van der Waals surface area contributed by atoms with Gasteiger partial charge in [0.25, 0.3) is 0 Å². The van der Waals surface area contributed by atoms with E-state index >= 15 is 0 Å². The fourth-order valence-electron chi connectivity index (χ4n) is 2.03. The molecule has 0 saturated carbocycles. The number of hydrogen-bond acceptors (Lipinski definition) is 3. The number of nitrogens with one attached hydrogen (secondary N) is 1. The van der Waals surface area contributed by atoms with Crippen LogP contribution in [0.4, 0.5) is 5.69 Å². The Morgan fingerprint density at radius 2 is 1.62 bits per heavy atom. The third-order valence-corrected chi connectivity index (χ3v) is 5.10. The lowest BCUT2D eigenvalue weighted by Crippen LogP contribution is -2.27. The van der Waals surface area contributed by atoms with Gasteiger partial charge in [0.05, 0.1) is 4.90 Å². The Labute approximate surface area is 126 Å². The standard InChI is InChI=1S/C16H20N2O2S/c1-11-4-9-16(10-12(11)2)21(19,20)18-13(3)14-5-7-15(17)8-6-14/h4-10,13,18H,17H2,1-3H3. The molecule has 2 rings (SSSR count). The second kappa shape index (κ2) is 5.87. The molecule has 0 bridgehead atoms. The van der Waals surface area contributed by atoms with Crippen LogP contribution in [0.3, 0.4) is 0 Å². The number of aryl methyl sites for hydroxylation is 2. The van der Waals surface area contributed by atoms with Crippen LogP contribution in [0.1, 0.15) is 29.7 Å². The summed E-state index contributed by atoms with van der Waals surface area (Å²) in [6, 6.07) is 12.0. The number of benzene rings is 2. The smallest absolute Gasteiger partial charge is 0.241 e. The van der Waals surface area contributed by atoms with E-state index in [4.69, 9.17) is 5.73 Å². The molecule has 0 aromatic heterocycles. The van der Waals surface area contributed by atoms with Crippen LogP contribution in [-0.2, 0) is 10.0 Å². The van der Waals surface area contributed by atoms with E-state index in [0.717, 1.165) is 16.7 Å². The number of rotatable bonds is 4. The van der Waals surface area contributed by atoms with E-state index in [9.17, 15) is 8.42 Å². The van der Waals surface area contributed by atoms with Crippen molar-refractivity contribution in [3.05, 3.63) is 59.2 Å². The number of nitrogens with two attached hydrogens (primary N) is 1. The molecule has 0 fully saturated rings. The predicted molar refractivity (Wildman–Crippen MR) is 85.5 cm³/mol. The summed E-state index contributed by atoms with van der Waals surface area (Å²) in [6.45, 7) is 5.66. The molecule has 3 N–H and O–H groups in total. The molecule has 5 heteroatoms. The van der Waals surface area contributed by atoms with E-state index in [1.807, 2.05) is 39.0 Å². The second-order valence-corrected chi connectivity index (χ2v) is 6.97. The number of anilines is 1. The summed E-state index contributed by atoms with van der Waals surface area (Å²) in [5.41, 5.74) is 9.19. The molecule has 0 aliphatic carbocycles. The summed E-state index contributed by atoms with van der Waals surface area (Å²) in [5.74, 6) is 0. The zero-order valence-electron chi connectivity index (χ0n) is 12.4. The first-order chi connectivity index (χ1) is 9.79. The lowest BCUT2D eigenvalue weighted by Gasteiger charge is -2.15. The quantitative estimate of drug-likeness (QED) is 0.853. The molecule has 0 amide bonds. The zero-order chi connectivity index (χ0) is 15.6. The van der Waals surface area contributed by atoms with E-state index in [0.29, 0.717) is 5.69 Å². The lowest BCUT2D eigenvalue weighted by molar-refractivity contribution is 0.567. The van der Waals surface area contributed by atoms with Crippen molar-refractivity contribution in [3.63, 3.8) is 0 Å². The Hall–Kier alpha value is -1.85. The largest absolute Gasteiger partial charge is 0.399 e. The molecule has 0 spiro atoms. The van der Waals surface area contributed by atoms with Crippen molar-refractivity contribution < 1.29 is 8.42 Å². The number of hydrogen-bond donors (Lipinski definition) is 2. The van der Waals surface area contributed by atoms with Crippen LogP contribution in [-0.4, -0.2) is 8.42 Å². The second-order valence-electron chi connectivity index (χ2n) is 5.26. The van der Waals surface area contributed by atoms with Gasteiger partial charge in [0.2, 0.25) is 10.0 Å². The van der Waals surface area contributed by atoms with Crippen LogP contribution in [0, 0.1) is 13.8 Å². The number of nitrogen functional groups attached to an aromatic ring is 1. The van der Waals surface area contributed by atoms with Gasteiger partial charge in [-0.15, -0.1) is 0 Å². The van der Waals surface area contributed by atoms with Gasteiger partial charge in [-0.2, -0.15) is 0 Å². The average molecular weight is 304 g/mol. The van der Waals surface area contributed by atoms with Crippen LogP contribution in [0.25, 0.3) is 0 Å². The minimum Gasteiger partial charge on any atom is -0.399 e.